The molecule has 24 heavy (non-hydrogen) atoms. The van der Waals surface area contributed by atoms with Gasteiger partial charge in [-0.1, -0.05) is 18.2 Å². The van der Waals surface area contributed by atoms with E-state index in [1.54, 1.807) is 0 Å². The number of hydrogen-bond donors (Lipinski definition) is 1. The Labute approximate surface area is 145 Å². The Hall–Kier alpha value is -1.59. The van der Waals surface area contributed by atoms with E-state index in [2.05, 4.69) is 17.3 Å². The van der Waals surface area contributed by atoms with E-state index in [9.17, 15) is 4.79 Å². The smallest absolute Gasteiger partial charge is 0.410 e. The predicted molar refractivity (Wildman–Crippen MR) is 95.3 cm³/mol. The van der Waals surface area contributed by atoms with E-state index in [0.717, 1.165) is 32.4 Å². The first kappa shape index (κ1) is 17.2. The normalized spacial score (nSPS) is 23.7. The van der Waals surface area contributed by atoms with Gasteiger partial charge in [-0.05, 0) is 64.4 Å². The minimum atomic E-state index is -0.221. The zero-order valence-electron chi connectivity index (χ0n) is 14.6. The van der Waals surface area contributed by atoms with E-state index in [-0.39, 0.29) is 6.09 Å². The lowest BCUT2D eigenvalue weighted by atomic mass is 10.0. The van der Waals surface area contributed by atoms with Gasteiger partial charge in [0.2, 0.25) is 0 Å². The van der Waals surface area contributed by atoms with Gasteiger partial charge in [0, 0.05) is 25.2 Å². The van der Waals surface area contributed by atoms with Crippen molar-refractivity contribution in [1.82, 2.24) is 15.1 Å². The molecule has 0 aliphatic carbocycles. The first-order valence-corrected chi connectivity index (χ1v) is 9.17. The van der Waals surface area contributed by atoms with Crippen molar-refractivity contribution in [1.29, 1.82) is 0 Å². The van der Waals surface area contributed by atoms with Crippen molar-refractivity contribution in [2.75, 3.05) is 33.2 Å². The fourth-order valence-electron chi connectivity index (χ4n) is 3.61. The molecule has 132 valence electrons. The summed E-state index contributed by atoms with van der Waals surface area (Å²) < 4.78 is 5.47. The van der Waals surface area contributed by atoms with Gasteiger partial charge in [-0.15, -0.1) is 0 Å². The van der Waals surface area contributed by atoms with Crippen LogP contribution in [0.2, 0.25) is 0 Å². The molecule has 1 amide bonds. The molecule has 1 N–H and O–H groups in total. The third-order valence-electron chi connectivity index (χ3n) is 5.12. The molecule has 1 aromatic rings. The minimum absolute atomic E-state index is 0.221. The molecular formula is C19H29N3O2. The first-order chi connectivity index (χ1) is 11.7. The van der Waals surface area contributed by atoms with Crippen LogP contribution in [0.4, 0.5) is 4.79 Å². The van der Waals surface area contributed by atoms with Crippen molar-refractivity contribution in [3.8, 4) is 5.75 Å². The second-order valence-electron chi connectivity index (χ2n) is 7.04. The molecule has 0 aromatic heterocycles. The van der Waals surface area contributed by atoms with Crippen LogP contribution in [0.3, 0.4) is 0 Å². The lowest BCUT2D eigenvalue weighted by molar-refractivity contribution is 0.153. The molecule has 1 unspecified atom stereocenters. The van der Waals surface area contributed by atoms with Gasteiger partial charge in [0.1, 0.15) is 5.75 Å². The Kier molecular flexibility index (Phi) is 6.10. The van der Waals surface area contributed by atoms with Crippen LogP contribution in [0.25, 0.3) is 0 Å². The fourth-order valence-corrected chi connectivity index (χ4v) is 3.61. The summed E-state index contributed by atoms with van der Waals surface area (Å²) in [5.41, 5.74) is 0. The van der Waals surface area contributed by atoms with Crippen LogP contribution in [-0.2, 0) is 0 Å². The van der Waals surface area contributed by atoms with E-state index in [1.807, 2.05) is 35.2 Å². The Bertz CT molecular complexity index is 515. The molecule has 2 heterocycles. The third kappa shape index (κ3) is 4.95. The number of carbonyl (C=O) groups is 1. The molecule has 2 saturated heterocycles. The number of hydrogen-bond acceptors (Lipinski definition) is 4. The summed E-state index contributed by atoms with van der Waals surface area (Å²) in [4.78, 5) is 16.6. The average Bonchev–Trinajstić information content (AvgIpc) is 2.83. The van der Waals surface area contributed by atoms with Crippen molar-refractivity contribution >= 4 is 6.09 Å². The van der Waals surface area contributed by atoms with Crippen LogP contribution >= 0.6 is 0 Å². The number of nitrogens with one attached hydrogen (secondary N) is 1. The molecule has 2 aliphatic heterocycles. The molecule has 2 fully saturated rings. The average molecular weight is 331 g/mol. The maximum atomic E-state index is 12.3. The predicted octanol–water partition coefficient (Wildman–Crippen LogP) is 2.72. The lowest BCUT2D eigenvalue weighted by Crippen LogP contribution is -2.45. The monoisotopic (exact) mass is 331 g/mol. The van der Waals surface area contributed by atoms with Crippen molar-refractivity contribution in [2.45, 2.75) is 44.2 Å². The highest BCUT2D eigenvalue weighted by molar-refractivity contribution is 5.70. The van der Waals surface area contributed by atoms with Crippen LogP contribution in [0.15, 0.2) is 30.3 Å². The number of piperidine rings is 1. The van der Waals surface area contributed by atoms with Crippen LogP contribution in [0.5, 0.6) is 5.75 Å². The summed E-state index contributed by atoms with van der Waals surface area (Å²) in [7, 11) is 2.19. The Morgan fingerprint density at radius 3 is 2.42 bits per heavy atom. The lowest BCUT2D eigenvalue weighted by Gasteiger charge is -2.32. The summed E-state index contributed by atoms with van der Waals surface area (Å²) in [6.07, 6.45) is 5.42. The van der Waals surface area contributed by atoms with E-state index in [0.29, 0.717) is 17.8 Å². The summed E-state index contributed by atoms with van der Waals surface area (Å²) >= 11 is 0. The second-order valence-corrected chi connectivity index (χ2v) is 7.04. The molecule has 1 aromatic carbocycles. The van der Waals surface area contributed by atoms with Gasteiger partial charge in [-0.25, -0.2) is 4.79 Å². The quantitative estimate of drug-likeness (QED) is 0.925. The zero-order chi connectivity index (χ0) is 16.8. The van der Waals surface area contributed by atoms with Crippen molar-refractivity contribution < 1.29 is 9.53 Å². The molecule has 1 atom stereocenters. The highest BCUT2D eigenvalue weighted by atomic mass is 16.6. The first-order valence-electron chi connectivity index (χ1n) is 9.17. The third-order valence-corrected chi connectivity index (χ3v) is 5.12. The van der Waals surface area contributed by atoms with Gasteiger partial charge in [-0.2, -0.15) is 0 Å². The van der Waals surface area contributed by atoms with Crippen molar-refractivity contribution in [2.24, 2.45) is 0 Å². The summed E-state index contributed by atoms with van der Waals surface area (Å²) in [5, 5.41) is 3.82. The number of likely N-dealkylation sites (tertiary alicyclic amines) is 2. The number of para-hydroxylation sites is 1. The highest BCUT2D eigenvalue weighted by Gasteiger charge is 2.24. The van der Waals surface area contributed by atoms with Gasteiger partial charge in [0.25, 0.3) is 0 Å². The molecule has 0 saturated carbocycles. The molecular weight excluding hydrogens is 302 g/mol. The van der Waals surface area contributed by atoms with E-state index in [4.69, 9.17) is 4.74 Å². The topological polar surface area (TPSA) is 44.8 Å². The standard InChI is InChI=1S/C19H29N3O2/c1-21-13-9-17(10-14-21)20-16-6-5-12-22(15-11-16)19(23)24-18-7-3-2-4-8-18/h2-4,7-8,16-17,20H,5-6,9-15H2,1H3. The molecule has 0 bridgehead atoms. The molecule has 0 radical (unpaired) electrons. The number of benzene rings is 1. The van der Waals surface area contributed by atoms with Crippen LogP contribution in [-0.4, -0.2) is 61.2 Å². The Morgan fingerprint density at radius 2 is 1.67 bits per heavy atom. The molecule has 3 rings (SSSR count). The van der Waals surface area contributed by atoms with Crippen LogP contribution in [0, 0.1) is 0 Å². The zero-order valence-corrected chi connectivity index (χ0v) is 14.6. The molecule has 2 aliphatic rings. The maximum Gasteiger partial charge on any atom is 0.415 e. The SMILES string of the molecule is CN1CCC(NC2CCCN(C(=O)Oc3ccccc3)CC2)CC1. The fraction of sp³-hybridized carbons (Fsp3) is 0.632. The van der Waals surface area contributed by atoms with Crippen molar-refractivity contribution in [3.63, 3.8) is 0 Å². The molecule has 5 heteroatoms. The summed E-state index contributed by atoms with van der Waals surface area (Å²) in [6.45, 7) is 3.92. The van der Waals surface area contributed by atoms with E-state index in [1.165, 1.54) is 25.9 Å². The maximum absolute atomic E-state index is 12.3. The number of nitrogens with zero attached hydrogens (tertiary/aromatic N) is 2. The minimum Gasteiger partial charge on any atom is -0.410 e. The van der Waals surface area contributed by atoms with Gasteiger partial charge < -0.3 is 19.9 Å². The number of rotatable bonds is 3. The van der Waals surface area contributed by atoms with Gasteiger partial charge >= 0.3 is 6.09 Å². The molecule has 0 spiro atoms. The summed E-state index contributed by atoms with van der Waals surface area (Å²) in [5.74, 6) is 0.618. The highest BCUT2D eigenvalue weighted by Crippen LogP contribution is 2.17. The van der Waals surface area contributed by atoms with E-state index < -0.39 is 0 Å². The Balaban J connectivity index is 1.45. The largest absolute Gasteiger partial charge is 0.415 e. The second kappa shape index (κ2) is 8.49. The van der Waals surface area contributed by atoms with Gasteiger partial charge in [0.15, 0.2) is 0 Å². The number of ether oxygens (including phenoxy) is 1. The van der Waals surface area contributed by atoms with Crippen molar-refractivity contribution in [3.05, 3.63) is 30.3 Å². The number of carbonyl (C=O) groups excluding carboxylic acids is 1. The van der Waals surface area contributed by atoms with Gasteiger partial charge in [-0.3, -0.25) is 0 Å². The number of amides is 1. The summed E-state index contributed by atoms with van der Waals surface area (Å²) in [6, 6.07) is 10.5. The van der Waals surface area contributed by atoms with Crippen LogP contribution < -0.4 is 10.1 Å². The Morgan fingerprint density at radius 1 is 1.00 bits per heavy atom. The van der Waals surface area contributed by atoms with Gasteiger partial charge in [0.05, 0.1) is 0 Å². The van der Waals surface area contributed by atoms with E-state index >= 15 is 0 Å². The van der Waals surface area contributed by atoms with Crippen LogP contribution in [0.1, 0.15) is 32.1 Å². The molecule has 5 nitrogen and oxygen atoms in total.